The molecule has 2 aromatic carbocycles. The highest BCUT2D eigenvalue weighted by Crippen LogP contribution is 2.35. The highest BCUT2D eigenvalue weighted by Gasteiger charge is 2.37. The Hall–Kier alpha value is -3.54. The van der Waals surface area contributed by atoms with E-state index in [1.807, 2.05) is 0 Å². The molecule has 0 radical (unpaired) electrons. The third kappa shape index (κ3) is 4.01. The summed E-state index contributed by atoms with van der Waals surface area (Å²) >= 11 is -2.92. The van der Waals surface area contributed by atoms with Crippen molar-refractivity contribution < 1.29 is 32.8 Å². The number of benzene rings is 2. The van der Waals surface area contributed by atoms with E-state index >= 15 is 0 Å². The predicted octanol–water partition coefficient (Wildman–Crippen LogP) is 2.47. The molecule has 10 nitrogen and oxygen atoms in total. The van der Waals surface area contributed by atoms with E-state index in [1.54, 1.807) is 30.3 Å². The van der Waals surface area contributed by atoms with Crippen LogP contribution in [0.15, 0.2) is 46.9 Å². The first-order valence-electron chi connectivity index (χ1n) is 11.2. The number of amides is 3. The minimum atomic E-state index is -2.92. The van der Waals surface area contributed by atoms with Crippen molar-refractivity contribution in [2.24, 2.45) is 0 Å². The van der Waals surface area contributed by atoms with E-state index in [4.69, 9.17) is 4.42 Å². The fourth-order valence-corrected chi connectivity index (χ4v) is 5.58. The Morgan fingerprint density at radius 2 is 1.83 bits per heavy atom. The van der Waals surface area contributed by atoms with Gasteiger partial charge in [0.25, 0.3) is 17.7 Å². The largest absolute Gasteiger partial charge is 0.755 e. The molecule has 5 rings (SSSR count). The second-order valence-corrected chi connectivity index (χ2v) is 9.35. The van der Waals surface area contributed by atoms with Gasteiger partial charge in [0.1, 0.15) is 17.4 Å². The molecule has 0 saturated heterocycles. The number of anilines is 1. The molecule has 3 amide bonds. The highest BCUT2D eigenvalue weighted by atomic mass is 32.2. The van der Waals surface area contributed by atoms with Crippen LogP contribution in [0.1, 0.15) is 51.3 Å². The second kappa shape index (κ2) is 9.25. The zero-order valence-corrected chi connectivity index (χ0v) is 19.4. The summed E-state index contributed by atoms with van der Waals surface area (Å²) in [5.74, 6) is -1.16. The van der Waals surface area contributed by atoms with E-state index in [0.29, 0.717) is 5.58 Å². The van der Waals surface area contributed by atoms with Crippen LogP contribution in [-0.2, 0) is 28.9 Å². The van der Waals surface area contributed by atoms with Crippen molar-refractivity contribution in [3.05, 3.63) is 64.9 Å². The van der Waals surface area contributed by atoms with Crippen molar-refractivity contribution in [1.82, 2.24) is 10.4 Å². The fraction of sp³-hybridized carbons (Fsp3) is 0.292. The molecule has 2 N–H and O–H groups in total. The van der Waals surface area contributed by atoms with Crippen molar-refractivity contribution in [3.63, 3.8) is 0 Å². The Bertz CT molecular complexity index is 1330. The molecular weight excluding hydrogens is 474 g/mol. The molecule has 2 atom stereocenters. The maximum absolute atomic E-state index is 12.7. The summed E-state index contributed by atoms with van der Waals surface area (Å²) < 4.78 is 31.3. The minimum absolute atomic E-state index is 0.160. The molecule has 2 heterocycles. The number of rotatable bonds is 7. The maximum Gasteiger partial charge on any atom is 0.267 e. The standard InChI is InChI=1S/C24H23N3O7S/c28-22(25-31)19(11-12-26-23(29)17-6-1-2-7-18(17)24(26)30)27(35(32)33)14-9-10-16-15-5-3-4-8-20(15)34-21(16)13-14/h1-2,6-7,9-10,13,19,31H,3-5,8,11-12H2,(H,25,28)(H,32,33)/p-1. The van der Waals surface area contributed by atoms with Gasteiger partial charge < -0.3 is 8.97 Å². The Morgan fingerprint density at radius 1 is 1.14 bits per heavy atom. The first-order valence-corrected chi connectivity index (χ1v) is 12.3. The molecule has 35 heavy (non-hydrogen) atoms. The maximum atomic E-state index is 12.7. The van der Waals surface area contributed by atoms with Gasteiger partial charge in [0, 0.05) is 41.2 Å². The SMILES string of the molecule is O=C(NO)C(CCN1C(=O)c2ccccc2C1=O)N(c1ccc2c3c(oc2c1)CCCC3)S(=O)[O-]. The van der Waals surface area contributed by atoms with Gasteiger partial charge >= 0.3 is 0 Å². The van der Waals surface area contributed by atoms with Crippen LogP contribution in [0.3, 0.4) is 0 Å². The van der Waals surface area contributed by atoms with Crippen molar-refractivity contribution in [3.8, 4) is 0 Å². The van der Waals surface area contributed by atoms with Gasteiger partial charge in [-0.25, -0.2) is 5.48 Å². The Kier molecular flexibility index (Phi) is 6.13. The van der Waals surface area contributed by atoms with Crippen LogP contribution in [-0.4, -0.2) is 49.2 Å². The average Bonchev–Trinajstić information content (AvgIpc) is 3.35. The van der Waals surface area contributed by atoms with Crippen molar-refractivity contribution in [2.45, 2.75) is 38.1 Å². The third-order valence-corrected chi connectivity index (χ3v) is 7.34. The van der Waals surface area contributed by atoms with Gasteiger partial charge in [-0.3, -0.25) is 33.0 Å². The van der Waals surface area contributed by atoms with Crippen molar-refractivity contribution >= 4 is 45.6 Å². The number of furan rings is 1. The minimum Gasteiger partial charge on any atom is -0.755 e. The lowest BCUT2D eigenvalue weighted by Crippen LogP contribution is -2.49. The number of carbonyl (C=O) groups excluding carboxylic acids is 3. The summed E-state index contributed by atoms with van der Waals surface area (Å²) in [4.78, 5) is 38.9. The number of fused-ring (bicyclic) bond motifs is 4. The normalized spacial score (nSPS) is 16.7. The predicted molar refractivity (Wildman–Crippen MR) is 124 cm³/mol. The lowest BCUT2D eigenvalue weighted by molar-refractivity contribution is -0.130. The van der Waals surface area contributed by atoms with E-state index in [1.165, 1.54) is 17.6 Å². The molecule has 0 fully saturated rings. The van der Waals surface area contributed by atoms with Gasteiger partial charge in [0.2, 0.25) is 0 Å². The van der Waals surface area contributed by atoms with E-state index in [9.17, 15) is 28.4 Å². The second-order valence-electron chi connectivity index (χ2n) is 8.52. The number of hydrogen-bond donors (Lipinski definition) is 2. The van der Waals surface area contributed by atoms with Crippen LogP contribution in [0, 0.1) is 0 Å². The molecule has 0 saturated carbocycles. The molecule has 1 aliphatic carbocycles. The van der Waals surface area contributed by atoms with Crippen LogP contribution in [0.2, 0.25) is 0 Å². The molecule has 11 heteroatoms. The van der Waals surface area contributed by atoms with E-state index in [2.05, 4.69) is 0 Å². The number of aryl methyl sites for hydroxylation is 2. The fourth-order valence-electron chi connectivity index (χ4n) is 4.88. The third-order valence-electron chi connectivity index (χ3n) is 6.56. The topological polar surface area (TPSA) is 143 Å². The van der Waals surface area contributed by atoms with Gasteiger partial charge in [-0.15, -0.1) is 0 Å². The lowest BCUT2D eigenvalue weighted by atomic mass is 9.96. The first kappa shape index (κ1) is 23.2. The van der Waals surface area contributed by atoms with E-state index < -0.39 is 35.0 Å². The number of nitrogens with one attached hydrogen (secondary N) is 1. The van der Waals surface area contributed by atoms with Gasteiger partial charge in [-0.1, -0.05) is 12.1 Å². The first-order chi connectivity index (χ1) is 16.9. The van der Waals surface area contributed by atoms with Gasteiger partial charge in [-0.05, 0) is 49.9 Å². The monoisotopic (exact) mass is 496 g/mol. The number of hydrogen-bond acceptors (Lipinski definition) is 7. The summed E-state index contributed by atoms with van der Waals surface area (Å²) in [7, 11) is 0. The average molecular weight is 497 g/mol. The number of carbonyl (C=O) groups is 3. The molecule has 0 bridgehead atoms. The Morgan fingerprint density at radius 3 is 2.49 bits per heavy atom. The molecule has 182 valence electrons. The highest BCUT2D eigenvalue weighted by molar-refractivity contribution is 7.80. The molecule has 1 aliphatic heterocycles. The molecular formula is C24H22N3O7S-. The Labute approximate surface area is 202 Å². The van der Waals surface area contributed by atoms with E-state index in [0.717, 1.165) is 51.6 Å². The summed E-state index contributed by atoms with van der Waals surface area (Å²) in [6, 6.07) is 9.79. The molecule has 1 aromatic heterocycles. The Balaban J connectivity index is 1.44. The van der Waals surface area contributed by atoms with Crippen LogP contribution >= 0.6 is 0 Å². The smallest absolute Gasteiger partial charge is 0.267 e. The van der Waals surface area contributed by atoms with Crippen molar-refractivity contribution in [1.29, 1.82) is 0 Å². The number of nitrogens with zero attached hydrogens (tertiary/aromatic N) is 2. The summed E-state index contributed by atoms with van der Waals surface area (Å²) in [5.41, 5.74) is 3.77. The van der Waals surface area contributed by atoms with Gasteiger partial charge in [0.05, 0.1) is 16.8 Å². The van der Waals surface area contributed by atoms with E-state index in [-0.39, 0.29) is 29.8 Å². The summed E-state index contributed by atoms with van der Waals surface area (Å²) in [6.07, 6.45) is 3.53. The van der Waals surface area contributed by atoms with Crippen LogP contribution in [0.4, 0.5) is 5.69 Å². The number of imide groups is 1. The molecule has 2 unspecified atom stereocenters. The number of hydroxylamine groups is 1. The van der Waals surface area contributed by atoms with Crippen LogP contribution in [0.5, 0.6) is 0 Å². The van der Waals surface area contributed by atoms with Crippen LogP contribution in [0.25, 0.3) is 11.0 Å². The summed E-state index contributed by atoms with van der Waals surface area (Å²) in [6.45, 7) is -0.227. The lowest BCUT2D eigenvalue weighted by Gasteiger charge is -2.33. The van der Waals surface area contributed by atoms with Gasteiger partial charge in [-0.2, -0.15) is 0 Å². The molecule has 3 aromatic rings. The van der Waals surface area contributed by atoms with Crippen molar-refractivity contribution in [2.75, 3.05) is 10.8 Å². The summed E-state index contributed by atoms with van der Waals surface area (Å²) in [5, 5.41) is 10.2. The van der Waals surface area contributed by atoms with Gasteiger partial charge in [0.15, 0.2) is 0 Å². The molecule has 0 spiro atoms. The van der Waals surface area contributed by atoms with Crippen LogP contribution < -0.4 is 9.79 Å². The zero-order chi connectivity index (χ0) is 24.7. The zero-order valence-electron chi connectivity index (χ0n) is 18.6. The quantitative estimate of drug-likeness (QED) is 0.221. The molecule has 2 aliphatic rings.